The van der Waals surface area contributed by atoms with Gasteiger partial charge in [0.2, 0.25) is 5.91 Å². The molecule has 2 saturated heterocycles. The van der Waals surface area contributed by atoms with Crippen LogP contribution in [0.25, 0.3) is 0 Å². The number of halogens is 2. The van der Waals surface area contributed by atoms with Crippen LogP contribution in [0.4, 0.5) is 20.4 Å². The molecule has 1 amide bonds. The lowest BCUT2D eigenvalue weighted by molar-refractivity contribution is -0.286. The Morgan fingerprint density at radius 2 is 1.79 bits per heavy atom. The summed E-state index contributed by atoms with van der Waals surface area (Å²) in [6, 6.07) is 8.30. The van der Waals surface area contributed by atoms with Crippen LogP contribution in [0.1, 0.15) is 12.5 Å². The van der Waals surface area contributed by atoms with Gasteiger partial charge in [-0.15, -0.1) is 8.78 Å². The largest absolute Gasteiger partial charge is 0.586 e. The molecule has 0 saturated carbocycles. The highest BCUT2D eigenvalue weighted by atomic mass is 19.3. The number of aromatic nitrogens is 1. The topological polar surface area (TPSA) is 76.2 Å². The summed E-state index contributed by atoms with van der Waals surface area (Å²) in [6.45, 7) is 5.87. The van der Waals surface area contributed by atoms with Crippen molar-refractivity contribution >= 4 is 17.5 Å². The van der Waals surface area contributed by atoms with Gasteiger partial charge in [0.1, 0.15) is 29.4 Å². The number of amides is 1. The Bertz CT molecular complexity index is 1130. The summed E-state index contributed by atoms with van der Waals surface area (Å²) in [6.07, 6.45) is -3.73. The summed E-state index contributed by atoms with van der Waals surface area (Å²) in [5, 5.41) is 2.89. The molecule has 1 N–H and O–H groups in total. The first-order valence-electron chi connectivity index (χ1n) is 11.0. The predicted molar refractivity (Wildman–Crippen MR) is 115 cm³/mol. The van der Waals surface area contributed by atoms with Crippen molar-refractivity contribution in [1.29, 1.82) is 0 Å². The van der Waals surface area contributed by atoms with Gasteiger partial charge in [-0.25, -0.2) is 4.98 Å². The van der Waals surface area contributed by atoms with Crippen LogP contribution in [-0.4, -0.2) is 61.9 Å². The number of hydrogen-bond acceptors (Lipinski definition) is 7. The van der Waals surface area contributed by atoms with Gasteiger partial charge in [0.05, 0.1) is 0 Å². The first kappa shape index (κ1) is 20.5. The lowest BCUT2D eigenvalue weighted by Crippen LogP contribution is -2.39. The molecule has 33 heavy (non-hydrogen) atoms. The molecule has 1 aromatic heterocycles. The Morgan fingerprint density at radius 3 is 2.52 bits per heavy atom. The highest BCUT2D eigenvalue weighted by Crippen LogP contribution is 2.50. The minimum absolute atomic E-state index is 0.0656. The molecule has 4 aliphatic heterocycles. The summed E-state index contributed by atoms with van der Waals surface area (Å²) in [7, 11) is 2.15. The van der Waals surface area contributed by atoms with Crippen molar-refractivity contribution in [3.05, 3.63) is 35.9 Å². The third-order valence-corrected chi connectivity index (χ3v) is 7.08. The summed E-state index contributed by atoms with van der Waals surface area (Å²) >= 11 is 0. The molecule has 0 bridgehead atoms. The fourth-order valence-corrected chi connectivity index (χ4v) is 5.35. The zero-order valence-electron chi connectivity index (χ0n) is 18.3. The molecule has 3 atom stereocenters. The molecule has 5 heterocycles. The molecule has 2 aromatic rings. The van der Waals surface area contributed by atoms with Gasteiger partial charge in [0.25, 0.3) is 0 Å². The SMILES string of the molecule is CN1CC2CN(c3cccc(NC(=O)C4(C)COc5cc6c(cc54)OC(F)(F)O6)n3)CC2C1. The number of carbonyl (C=O) groups excluding carboxylic acids is 1. The Morgan fingerprint density at radius 1 is 1.09 bits per heavy atom. The van der Waals surface area contributed by atoms with Crippen molar-refractivity contribution in [3.63, 3.8) is 0 Å². The zero-order chi connectivity index (χ0) is 23.0. The van der Waals surface area contributed by atoms with Gasteiger partial charge >= 0.3 is 6.29 Å². The van der Waals surface area contributed by atoms with E-state index in [-0.39, 0.29) is 24.0 Å². The van der Waals surface area contributed by atoms with Crippen molar-refractivity contribution < 1.29 is 27.8 Å². The van der Waals surface area contributed by atoms with Crippen molar-refractivity contribution in [3.8, 4) is 17.2 Å². The number of hydrogen-bond donors (Lipinski definition) is 1. The van der Waals surface area contributed by atoms with E-state index < -0.39 is 11.7 Å². The maximum absolute atomic E-state index is 13.4. The van der Waals surface area contributed by atoms with E-state index in [9.17, 15) is 13.6 Å². The Kier molecular flexibility index (Phi) is 4.30. The predicted octanol–water partition coefficient (Wildman–Crippen LogP) is 2.69. The van der Waals surface area contributed by atoms with Gasteiger partial charge < -0.3 is 29.3 Å². The molecule has 4 aliphatic rings. The van der Waals surface area contributed by atoms with Gasteiger partial charge in [-0.3, -0.25) is 4.79 Å². The van der Waals surface area contributed by atoms with Crippen molar-refractivity contribution in [2.75, 3.05) is 50.1 Å². The lowest BCUT2D eigenvalue weighted by Gasteiger charge is -2.23. The molecule has 8 nitrogen and oxygen atoms in total. The number of benzene rings is 1. The smallest absolute Gasteiger partial charge is 0.492 e. The fourth-order valence-electron chi connectivity index (χ4n) is 5.35. The van der Waals surface area contributed by atoms with Crippen LogP contribution in [0.5, 0.6) is 17.2 Å². The number of fused-ring (bicyclic) bond motifs is 3. The Hall–Kier alpha value is -3.14. The molecular formula is C23H24F2N4O4. The first-order valence-corrected chi connectivity index (χ1v) is 11.0. The normalized spacial score (nSPS) is 29.0. The van der Waals surface area contributed by atoms with Gasteiger partial charge in [-0.05, 0) is 44.0 Å². The second kappa shape index (κ2) is 6.93. The molecule has 0 radical (unpaired) electrons. The van der Waals surface area contributed by atoms with E-state index in [2.05, 4.69) is 36.6 Å². The summed E-state index contributed by atoms with van der Waals surface area (Å²) in [5.41, 5.74) is -0.633. The molecule has 3 unspecified atom stereocenters. The number of ether oxygens (including phenoxy) is 3. The van der Waals surface area contributed by atoms with E-state index in [1.165, 1.54) is 12.1 Å². The minimum atomic E-state index is -3.73. The molecule has 174 valence electrons. The summed E-state index contributed by atoms with van der Waals surface area (Å²) in [5.74, 6) is 2.31. The third-order valence-electron chi connectivity index (χ3n) is 7.08. The number of pyridine rings is 1. The number of alkyl halides is 2. The molecule has 0 aliphatic carbocycles. The van der Waals surface area contributed by atoms with E-state index in [1.54, 1.807) is 13.0 Å². The lowest BCUT2D eigenvalue weighted by atomic mass is 9.83. The molecule has 1 aromatic carbocycles. The van der Waals surface area contributed by atoms with Crippen molar-refractivity contribution in [2.24, 2.45) is 11.8 Å². The van der Waals surface area contributed by atoms with Crippen molar-refractivity contribution in [1.82, 2.24) is 9.88 Å². The minimum Gasteiger partial charge on any atom is -0.492 e. The van der Waals surface area contributed by atoms with Crippen LogP contribution in [0, 0.1) is 11.8 Å². The average molecular weight is 458 g/mol. The van der Waals surface area contributed by atoms with Gasteiger partial charge in [0, 0.05) is 37.8 Å². The third kappa shape index (κ3) is 3.35. The molecule has 6 rings (SSSR count). The molecule has 2 fully saturated rings. The van der Waals surface area contributed by atoms with E-state index in [1.807, 2.05) is 12.1 Å². The van der Waals surface area contributed by atoms with Gasteiger partial charge in [0.15, 0.2) is 11.5 Å². The molecule has 0 spiro atoms. The van der Waals surface area contributed by atoms with Crippen LogP contribution < -0.4 is 24.4 Å². The fraction of sp³-hybridized carbons (Fsp3) is 0.478. The molecule has 10 heteroatoms. The second-order valence-electron chi connectivity index (χ2n) is 9.56. The zero-order valence-corrected chi connectivity index (χ0v) is 18.3. The number of rotatable bonds is 3. The quantitative estimate of drug-likeness (QED) is 0.758. The Labute approximate surface area is 189 Å². The average Bonchev–Trinajstić information content (AvgIpc) is 3.46. The number of nitrogens with zero attached hydrogens (tertiary/aromatic N) is 3. The van der Waals surface area contributed by atoms with Crippen LogP contribution in [0.3, 0.4) is 0 Å². The molecular weight excluding hydrogens is 434 g/mol. The van der Waals surface area contributed by atoms with Gasteiger partial charge in [-0.2, -0.15) is 0 Å². The van der Waals surface area contributed by atoms with Crippen LogP contribution in [-0.2, 0) is 10.2 Å². The number of anilines is 2. The monoisotopic (exact) mass is 458 g/mol. The van der Waals surface area contributed by atoms with E-state index >= 15 is 0 Å². The standard InChI is InChI=1S/C23H24F2N4O4/c1-22(12-31-16-7-18-17(6-15(16)22)32-23(24,25)33-18)21(30)27-19-4-3-5-20(26-19)29-10-13-8-28(2)9-14(13)11-29/h3-7,13-14H,8-12H2,1-2H3,(H,26,27,30). The maximum atomic E-state index is 13.4. The van der Waals surface area contributed by atoms with Crippen LogP contribution >= 0.6 is 0 Å². The summed E-state index contributed by atoms with van der Waals surface area (Å²) in [4.78, 5) is 22.6. The number of carbonyl (C=O) groups is 1. The Balaban J connectivity index is 1.20. The highest BCUT2D eigenvalue weighted by Gasteiger charge is 2.49. The van der Waals surface area contributed by atoms with Gasteiger partial charge in [-0.1, -0.05) is 6.07 Å². The number of nitrogens with one attached hydrogen (secondary N) is 1. The van der Waals surface area contributed by atoms with Crippen molar-refractivity contribution in [2.45, 2.75) is 18.6 Å². The van der Waals surface area contributed by atoms with E-state index in [0.717, 1.165) is 32.0 Å². The second-order valence-corrected chi connectivity index (χ2v) is 9.56. The number of likely N-dealkylation sites (tertiary alicyclic amines) is 1. The highest BCUT2D eigenvalue weighted by molar-refractivity contribution is 5.99. The van der Waals surface area contributed by atoms with Crippen LogP contribution in [0.15, 0.2) is 30.3 Å². The van der Waals surface area contributed by atoms with E-state index in [4.69, 9.17) is 4.74 Å². The maximum Gasteiger partial charge on any atom is 0.586 e. The summed E-state index contributed by atoms with van der Waals surface area (Å²) < 4.78 is 41.6. The van der Waals surface area contributed by atoms with Crippen LogP contribution in [0.2, 0.25) is 0 Å². The first-order chi connectivity index (χ1) is 15.7. The van der Waals surface area contributed by atoms with E-state index in [0.29, 0.717) is 29.0 Å².